The number of nitrogens with zero attached hydrogens (tertiary/aromatic N) is 5. The van der Waals surface area contributed by atoms with Gasteiger partial charge < -0.3 is 19.1 Å². The maximum Gasteiger partial charge on any atom is 0.302 e. The predicted molar refractivity (Wildman–Crippen MR) is 138 cm³/mol. The Morgan fingerprint density at radius 2 is 2.03 bits per heavy atom. The van der Waals surface area contributed by atoms with Crippen LogP contribution >= 0.6 is 27.7 Å². The summed E-state index contributed by atoms with van der Waals surface area (Å²) in [6.45, 7) is 12.1. The van der Waals surface area contributed by atoms with Gasteiger partial charge in [0.1, 0.15) is 41.7 Å². The molecule has 200 valence electrons. The molecular formula is C25H24BrF2N5O4S. The average molecular weight is 608 g/mol. The Morgan fingerprint density at radius 3 is 2.66 bits per heavy atom. The summed E-state index contributed by atoms with van der Waals surface area (Å²) in [6, 6.07) is 3.72. The van der Waals surface area contributed by atoms with Crippen molar-refractivity contribution in [2.24, 2.45) is 5.92 Å². The summed E-state index contributed by atoms with van der Waals surface area (Å²) >= 11 is 4.64. The molecule has 3 heterocycles. The van der Waals surface area contributed by atoms with Crippen LogP contribution in [0.3, 0.4) is 0 Å². The van der Waals surface area contributed by atoms with Crippen LogP contribution in [0.5, 0.6) is 0 Å². The number of hydrogen-bond acceptors (Lipinski definition) is 8. The van der Waals surface area contributed by atoms with Crippen molar-refractivity contribution in [3.8, 4) is 11.3 Å². The molecule has 0 saturated carbocycles. The lowest BCUT2D eigenvalue weighted by atomic mass is 9.89. The van der Waals surface area contributed by atoms with Crippen molar-refractivity contribution in [1.82, 2.24) is 20.0 Å². The van der Waals surface area contributed by atoms with Crippen LogP contribution in [0.4, 0.5) is 14.6 Å². The van der Waals surface area contributed by atoms with Crippen LogP contribution in [0.1, 0.15) is 25.5 Å². The highest BCUT2D eigenvalue weighted by molar-refractivity contribution is 9.10. The van der Waals surface area contributed by atoms with E-state index in [1.54, 1.807) is 16.9 Å². The second-order valence-corrected chi connectivity index (χ2v) is 10.8. The first kappa shape index (κ1) is 28.1. The topological polar surface area (TPSA) is 92.7 Å². The molecule has 1 fully saturated rings. The van der Waals surface area contributed by atoms with Gasteiger partial charge >= 0.3 is 5.97 Å². The number of esters is 1. The normalized spacial score (nSPS) is 23.2. The van der Waals surface area contributed by atoms with Crippen molar-refractivity contribution in [2.75, 3.05) is 13.7 Å². The summed E-state index contributed by atoms with van der Waals surface area (Å²) in [7, 11) is 1.53. The zero-order chi connectivity index (χ0) is 27.6. The fourth-order valence-electron chi connectivity index (χ4n) is 4.24. The molecule has 13 heteroatoms. The van der Waals surface area contributed by atoms with Crippen molar-refractivity contribution >= 4 is 39.5 Å². The third kappa shape index (κ3) is 5.88. The number of rotatable bonds is 7. The highest BCUT2D eigenvalue weighted by Gasteiger charge is 2.47. The molecule has 2 unspecified atom stereocenters. The van der Waals surface area contributed by atoms with Gasteiger partial charge in [-0.15, -0.1) is 21.8 Å². The van der Waals surface area contributed by atoms with Crippen molar-refractivity contribution in [2.45, 2.75) is 49.4 Å². The minimum Gasteiger partial charge on any atom is -0.463 e. The summed E-state index contributed by atoms with van der Waals surface area (Å²) in [5.74, 6) is -1.89. The third-order valence-electron chi connectivity index (χ3n) is 6.30. The molecule has 0 radical (unpaired) electrons. The van der Waals surface area contributed by atoms with Crippen molar-refractivity contribution < 1.29 is 27.8 Å². The molecule has 1 aliphatic rings. The molecule has 1 aromatic carbocycles. The van der Waals surface area contributed by atoms with Crippen molar-refractivity contribution in [3.63, 3.8) is 0 Å². The number of aromatic nitrogens is 4. The number of carbonyl (C=O) groups is 1. The van der Waals surface area contributed by atoms with Crippen LogP contribution in [0.15, 0.2) is 40.0 Å². The molecule has 0 bridgehead atoms. The zero-order valence-corrected chi connectivity index (χ0v) is 23.3. The van der Waals surface area contributed by atoms with Crippen LogP contribution in [0.2, 0.25) is 0 Å². The first-order valence-electron chi connectivity index (χ1n) is 11.5. The third-order valence-corrected chi connectivity index (χ3v) is 7.90. The van der Waals surface area contributed by atoms with E-state index in [4.69, 9.17) is 20.8 Å². The zero-order valence-electron chi connectivity index (χ0n) is 20.9. The minimum atomic E-state index is -0.681. The van der Waals surface area contributed by atoms with Gasteiger partial charge in [0.25, 0.3) is 5.82 Å². The van der Waals surface area contributed by atoms with Gasteiger partial charge in [-0.2, -0.15) is 0 Å². The molecule has 38 heavy (non-hydrogen) atoms. The van der Waals surface area contributed by atoms with E-state index in [-0.39, 0.29) is 35.2 Å². The Labute approximate surface area is 230 Å². The maximum atomic E-state index is 14.2. The molecule has 4 rings (SSSR count). The molecular weight excluding hydrogens is 584 g/mol. The lowest BCUT2D eigenvalue weighted by Crippen LogP contribution is -2.52. The van der Waals surface area contributed by atoms with E-state index >= 15 is 0 Å². The lowest BCUT2D eigenvalue weighted by Gasteiger charge is -2.44. The van der Waals surface area contributed by atoms with Crippen LogP contribution in [0.25, 0.3) is 16.1 Å². The molecule has 1 saturated heterocycles. The number of carbonyl (C=O) groups excluding carboxylic acids is 1. The number of thioether (sulfide) groups is 1. The average Bonchev–Trinajstić information content (AvgIpc) is 3.36. The highest BCUT2D eigenvalue weighted by atomic mass is 79.9. The van der Waals surface area contributed by atoms with E-state index in [9.17, 15) is 13.6 Å². The van der Waals surface area contributed by atoms with Gasteiger partial charge in [-0.05, 0) is 41.1 Å². The minimum absolute atomic E-state index is 0.0111. The summed E-state index contributed by atoms with van der Waals surface area (Å²) in [4.78, 5) is 19.8. The van der Waals surface area contributed by atoms with Gasteiger partial charge in [-0.25, -0.2) is 13.5 Å². The first-order valence-corrected chi connectivity index (χ1v) is 13.2. The Balaban J connectivity index is 1.72. The SMILES string of the molecule is [C-]#[N+]c1ncc(Br)cc1S[C@H]1OC(COC(C)=O)[C@H](C)[C@H](n2cc(-c3cc(F)c(C)c(F)c3)nn2)C1OC. The van der Waals surface area contributed by atoms with E-state index < -0.39 is 41.3 Å². The molecule has 3 aromatic rings. The molecule has 5 atom stereocenters. The van der Waals surface area contributed by atoms with Gasteiger partial charge in [0.2, 0.25) is 0 Å². The molecule has 1 aliphatic heterocycles. The number of halogens is 3. The van der Waals surface area contributed by atoms with Gasteiger partial charge in [0, 0.05) is 36.0 Å². The molecule has 2 aromatic heterocycles. The first-order chi connectivity index (χ1) is 18.1. The van der Waals surface area contributed by atoms with Crippen molar-refractivity contribution in [3.05, 3.63) is 63.7 Å². The summed E-state index contributed by atoms with van der Waals surface area (Å²) in [5.41, 5.74) is -0.202. The molecule has 0 spiro atoms. The highest BCUT2D eigenvalue weighted by Crippen LogP contribution is 2.44. The number of hydrogen-bond donors (Lipinski definition) is 0. The van der Waals surface area contributed by atoms with Crippen LogP contribution < -0.4 is 0 Å². The summed E-state index contributed by atoms with van der Waals surface area (Å²) < 4.78 is 48.2. The Hall–Kier alpha value is -2.92. The van der Waals surface area contributed by atoms with E-state index in [1.165, 1.54) is 51.0 Å². The molecule has 0 aliphatic carbocycles. The molecule has 9 nitrogen and oxygen atoms in total. The Bertz CT molecular complexity index is 1360. The van der Waals surface area contributed by atoms with E-state index in [2.05, 4.69) is 36.1 Å². The molecule has 0 N–H and O–H groups in total. The maximum absolute atomic E-state index is 14.2. The number of benzene rings is 1. The van der Waals surface area contributed by atoms with Crippen molar-refractivity contribution in [1.29, 1.82) is 0 Å². The van der Waals surface area contributed by atoms with Crippen LogP contribution in [-0.2, 0) is 19.0 Å². The van der Waals surface area contributed by atoms with Gasteiger partial charge in [0.05, 0.1) is 22.8 Å². The summed E-state index contributed by atoms with van der Waals surface area (Å²) in [5, 5.41) is 8.43. The summed E-state index contributed by atoms with van der Waals surface area (Å²) in [6.07, 6.45) is 1.99. The fourth-order valence-corrected chi connectivity index (χ4v) is 5.97. The number of pyridine rings is 1. The van der Waals surface area contributed by atoms with E-state index in [0.717, 1.165) is 0 Å². The Morgan fingerprint density at radius 1 is 1.32 bits per heavy atom. The van der Waals surface area contributed by atoms with Gasteiger partial charge in [0.15, 0.2) is 0 Å². The largest absolute Gasteiger partial charge is 0.463 e. The quantitative estimate of drug-likeness (QED) is 0.256. The Kier molecular flexibility index (Phi) is 8.77. The standard InChI is InChI=1S/C25H24BrF2N5O4S/c1-12-17(27)6-15(7-18(12)28)19-10-33(32-31-19)22-13(2)20(11-36-14(3)34)37-25(23(22)35-5)38-21-8-16(26)9-30-24(21)29-4/h6-10,13,20,22-23,25H,11H2,1-3,5H3/t13-,20?,22-,23?,25+/m0/s1. The molecule has 0 amide bonds. The van der Waals surface area contributed by atoms with Crippen LogP contribution in [-0.4, -0.2) is 57.3 Å². The van der Waals surface area contributed by atoms with Gasteiger partial charge in [-0.1, -0.05) is 18.7 Å². The van der Waals surface area contributed by atoms with Crippen LogP contribution in [0, 0.1) is 31.0 Å². The van der Waals surface area contributed by atoms with E-state index in [1.807, 2.05) is 6.92 Å². The van der Waals surface area contributed by atoms with E-state index in [0.29, 0.717) is 9.37 Å². The number of methoxy groups -OCH3 is 1. The van der Waals surface area contributed by atoms with Gasteiger partial charge in [-0.3, -0.25) is 4.79 Å². The number of ether oxygens (including phenoxy) is 3. The second-order valence-electron chi connectivity index (χ2n) is 8.75. The second kappa shape index (κ2) is 11.9. The smallest absolute Gasteiger partial charge is 0.302 e. The predicted octanol–water partition coefficient (Wildman–Crippen LogP) is 5.51. The lowest BCUT2D eigenvalue weighted by molar-refractivity contribution is -0.171. The monoisotopic (exact) mass is 607 g/mol. The fraction of sp³-hybridized carbons (Fsp3) is 0.400.